The number of carbonyl (C=O) groups excluding carboxylic acids is 1. The summed E-state index contributed by atoms with van der Waals surface area (Å²) in [5.41, 5.74) is 2.04. The molecule has 2 N–H and O–H groups in total. The number of nitrogens with one attached hydrogen (secondary N) is 2. The number of pyridine rings is 1. The second kappa shape index (κ2) is 9.65. The lowest BCUT2D eigenvalue weighted by Crippen LogP contribution is -2.36. The molecule has 0 spiro atoms. The SMILES string of the molecule is CSc1ccc(CCNC(=O)c2ccc(Cn3c(=O)c(=O)[nH]c4cccnc43)cc2)cc1. The summed E-state index contributed by atoms with van der Waals surface area (Å²) < 4.78 is 1.34. The summed E-state index contributed by atoms with van der Waals surface area (Å²) in [6, 6.07) is 18.7. The van der Waals surface area contributed by atoms with E-state index < -0.39 is 11.1 Å². The predicted molar refractivity (Wildman–Crippen MR) is 126 cm³/mol. The fourth-order valence-electron chi connectivity index (χ4n) is 3.41. The van der Waals surface area contributed by atoms with Crippen molar-refractivity contribution in [2.24, 2.45) is 0 Å². The fraction of sp³-hybridized carbons (Fsp3) is 0.167. The summed E-state index contributed by atoms with van der Waals surface area (Å²) in [7, 11) is 0. The van der Waals surface area contributed by atoms with E-state index in [9.17, 15) is 14.4 Å². The second-order valence-corrected chi connectivity index (χ2v) is 8.15. The Labute approximate surface area is 188 Å². The number of nitrogens with zero attached hydrogens (tertiary/aromatic N) is 2. The Kier molecular flexibility index (Phi) is 6.51. The Morgan fingerprint density at radius 2 is 1.75 bits per heavy atom. The number of aromatic nitrogens is 3. The van der Waals surface area contributed by atoms with Gasteiger partial charge in [0, 0.05) is 23.2 Å². The van der Waals surface area contributed by atoms with Gasteiger partial charge >= 0.3 is 11.1 Å². The van der Waals surface area contributed by atoms with Crippen LogP contribution in [0.3, 0.4) is 0 Å². The first-order chi connectivity index (χ1) is 15.5. The molecular formula is C24H22N4O3S. The van der Waals surface area contributed by atoms with Gasteiger partial charge in [0.1, 0.15) is 0 Å². The first kappa shape index (κ1) is 21.6. The van der Waals surface area contributed by atoms with Crippen LogP contribution in [0.25, 0.3) is 11.2 Å². The second-order valence-electron chi connectivity index (χ2n) is 7.27. The van der Waals surface area contributed by atoms with Crippen LogP contribution < -0.4 is 16.4 Å². The molecule has 8 heteroatoms. The van der Waals surface area contributed by atoms with E-state index in [0.717, 1.165) is 12.0 Å². The normalized spacial score (nSPS) is 10.9. The average Bonchev–Trinajstić information content (AvgIpc) is 2.82. The summed E-state index contributed by atoms with van der Waals surface area (Å²) in [4.78, 5) is 44.7. The summed E-state index contributed by atoms with van der Waals surface area (Å²) in [6.45, 7) is 0.725. The zero-order chi connectivity index (χ0) is 22.5. The van der Waals surface area contributed by atoms with Gasteiger partial charge in [-0.15, -0.1) is 11.8 Å². The van der Waals surface area contributed by atoms with Gasteiger partial charge in [-0.25, -0.2) is 4.98 Å². The Hall–Kier alpha value is -3.65. The van der Waals surface area contributed by atoms with Gasteiger partial charge in [-0.2, -0.15) is 0 Å². The summed E-state index contributed by atoms with van der Waals surface area (Å²) in [5, 5.41) is 2.93. The summed E-state index contributed by atoms with van der Waals surface area (Å²) in [5.74, 6) is -0.155. The van der Waals surface area contributed by atoms with E-state index >= 15 is 0 Å². The maximum absolute atomic E-state index is 12.5. The molecule has 0 fully saturated rings. The number of fused-ring (bicyclic) bond motifs is 1. The van der Waals surface area contributed by atoms with Gasteiger partial charge < -0.3 is 10.3 Å². The predicted octanol–water partition coefficient (Wildman–Crippen LogP) is 2.83. The molecule has 4 rings (SSSR count). The lowest BCUT2D eigenvalue weighted by molar-refractivity contribution is 0.0954. The van der Waals surface area contributed by atoms with Crippen LogP contribution >= 0.6 is 11.8 Å². The largest absolute Gasteiger partial charge is 0.352 e. The molecule has 0 saturated heterocycles. The molecule has 1 amide bonds. The van der Waals surface area contributed by atoms with Crippen LogP contribution in [0.15, 0.2) is 81.3 Å². The molecule has 0 bridgehead atoms. The third kappa shape index (κ3) is 4.81. The van der Waals surface area contributed by atoms with Gasteiger partial charge in [-0.1, -0.05) is 24.3 Å². The van der Waals surface area contributed by atoms with Gasteiger partial charge in [0.05, 0.1) is 12.1 Å². The molecule has 162 valence electrons. The molecule has 32 heavy (non-hydrogen) atoms. The van der Waals surface area contributed by atoms with Crippen molar-refractivity contribution in [2.75, 3.05) is 12.8 Å². The van der Waals surface area contributed by atoms with Gasteiger partial charge in [-0.05, 0) is 60.2 Å². The number of aromatic amines is 1. The highest BCUT2D eigenvalue weighted by molar-refractivity contribution is 7.98. The van der Waals surface area contributed by atoms with Crippen LogP contribution in [0, 0.1) is 0 Å². The van der Waals surface area contributed by atoms with Gasteiger partial charge in [0.2, 0.25) is 0 Å². The number of hydrogen-bond donors (Lipinski definition) is 2. The van der Waals surface area contributed by atoms with Crippen LogP contribution in [0.1, 0.15) is 21.5 Å². The molecule has 2 aromatic heterocycles. The van der Waals surface area contributed by atoms with E-state index in [2.05, 4.69) is 39.6 Å². The Morgan fingerprint density at radius 1 is 1.03 bits per heavy atom. The Morgan fingerprint density at radius 3 is 2.47 bits per heavy atom. The quantitative estimate of drug-likeness (QED) is 0.336. The lowest BCUT2D eigenvalue weighted by atomic mass is 10.1. The molecule has 2 heterocycles. The molecule has 0 aliphatic heterocycles. The van der Waals surface area contributed by atoms with Crippen molar-refractivity contribution in [3.8, 4) is 0 Å². The van der Waals surface area contributed by atoms with Gasteiger partial charge in [0.15, 0.2) is 5.65 Å². The van der Waals surface area contributed by atoms with E-state index in [1.165, 1.54) is 15.0 Å². The molecule has 0 radical (unpaired) electrons. The Balaban J connectivity index is 1.41. The molecule has 0 aliphatic rings. The molecule has 4 aromatic rings. The van der Waals surface area contributed by atoms with Gasteiger partial charge in [0.25, 0.3) is 5.91 Å². The summed E-state index contributed by atoms with van der Waals surface area (Å²) in [6.07, 6.45) is 4.36. The molecule has 2 aromatic carbocycles. The molecule has 7 nitrogen and oxygen atoms in total. The smallest absolute Gasteiger partial charge is 0.318 e. The van der Waals surface area contributed by atoms with E-state index in [0.29, 0.717) is 23.3 Å². The van der Waals surface area contributed by atoms with Crippen molar-refractivity contribution >= 4 is 28.8 Å². The van der Waals surface area contributed by atoms with E-state index in [1.54, 1.807) is 54.4 Å². The van der Waals surface area contributed by atoms with Crippen LogP contribution in [0.4, 0.5) is 0 Å². The number of amides is 1. The number of rotatable bonds is 7. The third-order valence-electron chi connectivity index (χ3n) is 5.15. The van der Waals surface area contributed by atoms with Crippen molar-refractivity contribution in [3.63, 3.8) is 0 Å². The number of thioether (sulfide) groups is 1. The van der Waals surface area contributed by atoms with Crippen LogP contribution in [0.5, 0.6) is 0 Å². The van der Waals surface area contributed by atoms with Crippen LogP contribution in [0.2, 0.25) is 0 Å². The van der Waals surface area contributed by atoms with E-state index in [4.69, 9.17) is 0 Å². The molecular weight excluding hydrogens is 424 g/mol. The van der Waals surface area contributed by atoms with Crippen molar-refractivity contribution in [1.29, 1.82) is 0 Å². The first-order valence-corrected chi connectivity index (χ1v) is 11.4. The zero-order valence-electron chi connectivity index (χ0n) is 17.5. The van der Waals surface area contributed by atoms with Crippen molar-refractivity contribution in [2.45, 2.75) is 17.9 Å². The van der Waals surface area contributed by atoms with Crippen LogP contribution in [-0.4, -0.2) is 33.2 Å². The first-order valence-electron chi connectivity index (χ1n) is 10.1. The van der Waals surface area contributed by atoms with Crippen molar-refractivity contribution in [1.82, 2.24) is 19.9 Å². The minimum Gasteiger partial charge on any atom is -0.352 e. The molecule has 0 saturated carbocycles. The van der Waals surface area contributed by atoms with Crippen molar-refractivity contribution in [3.05, 3.63) is 104 Å². The van der Waals surface area contributed by atoms with Gasteiger partial charge in [-0.3, -0.25) is 19.0 Å². The number of benzene rings is 2. The minimum absolute atomic E-state index is 0.155. The minimum atomic E-state index is -0.690. The fourth-order valence-corrected chi connectivity index (χ4v) is 3.82. The Bertz CT molecular complexity index is 1360. The lowest BCUT2D eigenvalue weighted by Gasteiger charge is -2.10. The van der Waals surface area contributed by atoms with Crippen LogP contribution in [-0.2, 0) is 13.0 Å². The number of hydrogen-bond acceptors (Lipinski definition) is 5. The highest BCUT2D eigenvalue weighted by Gasteiger charge is 2.10. The number of carbonyl (C=O) groups is 1. The van der Waals surface area contributed by atoms with Crippen molar-refractivity contribution < 1.29 is 4.79 Å². The van der Waals surface area contributed by atoms with E-state index in [1.807, 2.05) is 6.26 Å². The molecule has 0 aliphatic carbocycles. The molecule has 0 unspecified atom stereocenters. The maximum Gasteiger partial charge on any atom is 0.318 e. The highest BCUT2D eigenvalue weighted by atomic mass is 32.2. The average molecular weight is 447 g/mol. The standard InChI is InChI=1S/C24H22N4O3S/c1-32-19-10-6-16(7-11-19)12-14-26-22(29)18-8-4-17(5-9-18)15-28-21-20(3-2-13-25-21)27-23(30)24(28)31/h2-11,13H,12,14-15H2,1H3,(H,26,29)(H,27,30). The maximum atomic E-state index is 12.5. The highest BCUT2D eigenvalue weighted by Crippen LogP contribution is 2.15. The monoisotopic (exact) mass is 446 g/mol. The van der Waals surface area contributed by atoms with E-state index in [-0.39, 0.29) is 12.5 Å². The summed E-state index contributed by atoms with van der Waals surface area (Å²) >= 11 is 1.70. The third-order valence-corrected chi connectivity index (χ3v) is 5.89. The number of H-pyrrole nitrogens is 1. The zero-order valence-corrected chi connectivity index (χ0v) is 18.3. The topological polar surface area (TPSA) is 96.9 Å². The molecule has 0 atom stereocenters.